The molecule has 17 heavy (non-hydrogen) atoms. The van der Waals surface area contributed by atoms with E-state index in [4.69, 9.17) is 0 Å². The number of carbonyl (C=O) groups excluding carboxylic acids is 2. The molecule has 0 aromatic rings. The van der Waals surface area contributed by atoms with Crippen LogP contribution in [-0.4, -0.2) is 38.2 Å². The van der Waals surface area contributed by atoms with Crippen LogP contribution in [0.3, 0.4) is 0 Å². The Morgan fingerprint density at radius 1 is 0.706 bits per heavy atom. The molecule has 0 aromatic heterocycles. The van der Waals surface area contributed by atoms with Crippen LogP contribution in [0.5, 0.6) is 0 Å². The fraction of sp³-hybridized carbons (Fsp3) is 0.818. The number of nitrogens with one attached hydrogen (secondary N) is 4. The highest BCUT2D eigenvalue weighted by Gasteiger charge is 1.97. The molecule has 100 valence electrons. The first-order valence-electron chi connectivity index (χ1n) is 6.24. The summed E-state index contributed by atoms with van der Waals surface area (Å²) in [5, 5.41) is 10.8. The lowest BCUT2D eigenvalue weighted by Gasteiger charge is -2.07. The summed E-state index contributed by atoms with van der Waals surface area (Å²) >= 11 is 0. The Hall–Kier alpha value is -1.46. The van der Waals surface area contributed by atoms with Gasteiger partial charge in [-0.15, -0.1) is 0 Å². The molecule has 6 nitrogen and oxygen atoms in total. The van der Waals surface area contributed by atoms with E-state index in [-0.39, 0.29) is 12.1 Å². The van der Waals surface area contributed by atoms with Crippen molar-refractivity contribution >= 4 is 12.1 Å². The molecule has 0 aromatic carbocycles. The maximum Gasteiger partial charge on any atom is 0.314 e. The highest BCUT2D eigenvalue weighted by Crippen LogP contribution is 1.92. The van der Waals surface area contributed by atoms with Crippen molar-refractivity contribution in [2.45, 2.75) is 33.1 Å². The van der Waals surface area contributed by atoms with Crippen molar-refractivity contribution in [1.82, 2.24) is 21.3 Å². The summed E-state index contributed by atoms with van der Waals surface area (Å²) in [5.41, 5.74) is 0. The predicted molar refractivity (Wildman–Crippen MR) is 68.0 cm³/mol. The lowest BCUT2D eigenvalue weighted by molar-refractivity contribution is 0.241. The molecule has 0 fully saturated rings. The summed E-state index contributed by atoms with van der Waals surface area (Å²) in [6.45, 7) is 6.39. The van der Waals surface area contributed by atoms with Gasteiger partial charge in [0.05, 0.1) is 0 Å². The first-order valence-corrected chi connectivity index (χ1v) is 6.24. The number of urea groups is 2. The third kappa shape index (κ3) is 10.8. The summed E-state index contributed by atoms with van der Waals surface area (Å²) in [7, 11) is 0. The molecule has 0 radical (unpaired) electrons. The van der Waals surface area contributed by atoms with Crippen molar-refractivity contribution in [2.75, 3.05) is 26.2 Å². The summed E-state index contributed by atoms with van der Waals surface area (Å²) < 4.78 is 0. The highest BCUT2D eigenvalue weighted by molar-refractivity contribution is 5.73. The lowest BCUT2D eigenvalue weighted by atomic mass is 10.2. The molecule has 0 heterocycles. The number of carbonyl (C=O) groups is 2. The number of rotatable bonds is 8. The topological polar surface area (TPSA) is 82.3 Å². The minimum Gasteiger partial charge on any atom is -0.338 e. The molecule has 6 heteroatoms. The van der Waals surface area contributed by atoms with Gasteiger partial charge in [-0.25, -0.2) is 9.59 Å². The lowest BCUT2D eigenvalue weighted by Crippen LogP contribution is -2.36. The standard InChI is InChI=1S/C11H24N4O2/c1-3-12-10(16)14-8-6-5-7-9-15-11(17)13-4-2/h3-9H2,1-2H3,(H2,12,14,16)(H2,13,15,17). The molecule has 4 amide bonds. The van der Waals surface area contributed by atoms with E-state index in [2.05, 4.69) is 21.3 Å². The molecule has 0 spiro atoms. The maximum absolute atomic E-state index is 11.0. The second kappa shape index (κ2) is 11.0. The molecule has 0 saturated heterocycles. The van der Waals surface area contributed by atoms with Crippen LogP contribution in [0.1, 0.15) is 33.1 Å². The average molecular weight is 244 g/mol. The highest BCUT2D eigenvalue weighted by atomic mass is 16.2. The summed E-state index contributed by atoms with van der Waals surface area (Å²) in [6, 6.07) is -0.235. The Kier molecular flexibility index (Phi) is 10.1. The van der Waals surface area contributed by atoms with E-state index in [1.165, 1.54) is 0 Å². The third-order valence-corrected chi connectivity index (χ3v) is 2.10. The van der Waals surface area contributed by atoms with E-state index >= 15 is 0 Å². The van der Waals surface area contributed by atoms with Crippen molar-refractivity contribution < 1.29 is 9.59 Å². The van der Waals surface area contributed by atoms with Crippen LogP contribution in [-0.2, 0) is 0 Å². The predicted octanol–water partition coefficient (Wildman–Crippen LogP) is 0.795. The first kappa shape index (κ1) is 15.5. The van der Waals surface area contributed by atoms with Gasteiger partial charge in [-0.3, -0.25) is 0 Å². The normalized spacial score (nSPS) is 9.53. The molecular formula is C11H24N4O2. The van der Waals surface area contributed by atoms with E-state index in [1.807, 2.05) is 13.8 Å². The van der Waals surface area contributed by atoms with E-state index in [0.29, 0.717) is 26.2 Å². The fourth-order valence-electron chi connectivity index (χ4n) is 1.28. The van der Waals surface area contributed by atoms with Gasteiger partial charge in [0.1, 0.15) is 0 Å². The molecular weight excluding hydrogens is 220 g/mol. The maximum atomic E-state index is 11.0. The summed E-state index contributed by atoms with van der Waals surface area (Å²) in [4.78, 5) is 22.0. The summed E-state index contributed by atoms with van der Waals surface area (Å²) in [6.07, 6.45) is 2.83. The molecule has 0 aliphatic rings. The second-order valence-corrected chi connectivity index (χ2v) is 3.63. The van der Waals surface area contributed by atoms with Gasteiger partial charge >= 0.3 is 12.1 Å². The minimum absolute atomic E-state index is 0.118. The van der Waals surface area contributed by atoms with Gasteiger partial charge in [-0.1, -0.05) is 0 Å². The van der Waals surface area contributed by atoms with Crippen molar-refractivity contribution in [3.63, 3.8) is 0 Å². The Morgan fingerprint density at radius 3 is 1.47 bits per heavy atom. The molecule has 0 bridgehead atoms. The largest absolute Gasteiger partial charge is 0.338 e. The van der Waals surface area contributed by atoms with E-state index in [9.17, 15) is 9.59 Å². The monoisotopic (exact) mass is 244 g/mol. The van der Waals surface area contributed by atoms with Crippen LogP contribution < -0.4 is 21.3 Å². The molecule has 0 atom stereocenters. The molecule has 0 aliphatic carbocycles. The van der Waals surface area contributed by atoms with Crippen molar-refractivity contribution in [2.24, 2.45) is 0 Å². The summed E-state index contributed by atoms with van der Waals surface area (Å²) in [5.74, 6) is 0. The van der Waals surface area contributed by atoms with Gasteiger partial charge in [0.25, 0.3) is 0 Å². The van der Waals surface area contributed by atoms with Crippen molar-refractivity contribution in [3.05, 3.63) is 0 Å². The Morgan fingerprint density at radius 2 is 1.12 bits per heavy atom. The van der Waals surface area contributed by atoms with Crippen LogP contribution in [0.15, 0.2) is 0 Å². The van der Waals surface area contributed by atoms with Gasteiger partial charge in [0.15, 0.2) is 0 Å². The first-order chi connectivity index (χ1) is 8.20. The van der Waals surface area contributed by atoms with Crippen molar-refractivity contribution in [3.8, 4) is 0 Å². The zero-order valence-corrected chi connectivity index (χ0v) is 10.8. The molecule has 0 unspecified atom stereocenters. The van der Waals surface area contributed by atoms with E-state index < -0.39 is 0 Å². The second-order valence-electron chi connectivity index (χ2n) is 3.63. The molecule has 0 saturated carbocycles. The number of hydrogen-bond donors (Lipinski definition) is 4. The van der Waals surface area contributed by atoms with Crippen LogP contribution in [0, 0.1) is 0 Å². The van der Waals surface area contributed by atoms with E-state index in [0.717, 1.165) is 19.3 Å². The molecule has 0 aliphatic heterocycles. The third-order valence-electron chi connectivity index (χ3n) is 2.10. The van der Waals surface area contributed by atoms with Crippen LogP contribution in [0.2, 0.25) is 0 Å². The Bertz CT molecular complexity index is 200. The number of amides is 4. The van der Waals surface area contributed by atoms with Gasteiger partial charge in [0.2, 0.25) is 0 Å². The molecule has 0 rings (SSSR count). The van der Waals surface area contributed by atoms with Gasteiger partial charge in [-0.05, 0) is 33.1 Å². The minimum atomic E-state index is -0.118. The average Bonchev–Trinajstić information content (AvgIpc) is 2.28. The van der Waals surface area contributed by atoms with Crippen LogP contribution in [0.4, 0.5) is 9.59 Å². The molecule has 4 N–H and O–H groups in total. The van der Waals surface area contributed by atoms with E-state index in [1.54, 1.807) is 0 Å². The zero-order chi connectivity index (χ0) is 12.9. The Labute approximate surface area is 103 Å². The number of unbranched alkanes of at least 4 members (excludes halogenated alkanes) is 2. The smallest absolute Gasteiger partial charge is 0.314 e. The van der Waals surface area contributed by atoms with Gasteiger partial charge < -0.3 is 21.3 Å². The van der Waals surface area contributed by atoms with Crippen LogP contribution in [0.25, 0.3) is 0 Å². The number of hydrogen-bond acceptors (Lipinski definition) is 2. The quantitative estimate of drug-likeness (QED) is 0.476. The SMILES string of the molecule is CCNC(=O)NCCCCCNC(=O)NCC. The van der Waals surface area contributed by atoms with Gasteiger partial charge in [0, 0.05) is 26.2 Å². The van der Waals surface area contributed by atoms with Crippen molar-refractivity contribution in [1.29, 1.82) is 0 Å². The fourth-order valence-corrected chi connectivity index (χ4v) is 1.28. The van der Waals surface area contributed by atoms with Crippen LogP contribution >= 0.6 is 0 Å². The zero-order valence-electron chi connectivity index (χ0n) is 10.8. The Balaban J connectivity index is 3.18. The van der Waals surface area contributed by atoms with Gasteiger partial charge in [-0.2, -0.15) is 0 Å².